The highest BCUT2D eigenvalue weighted by atomic mass is 16.4. The van der Waals surface area contributed by atoms with Gasteiger partial charge in [0.05, 0.1) is 12.7 Å². The Bertz CT molecular complexity index is 536. The number of likely N-dealkylation sites (tertiary alicyclic amines) is 1. The van der Waals surface area contributed by atoms with Crippen molar-refractivity contribution < 1.29 is 9.21 Å². The van der Waals surface area contributed by atoms with Crippen LogP contribution in [0.3, 0.4) is 0 Å². The molecule has 0 bridgehead atoms. The van der Waals surface area contributed by atoms with Crippen LogP contribution < -0.4 is 0 Å². The van der Waals surface area contributed by atoms with E-state index in [1.54, 1.807) is 13.1 Å². The van der Waals surface area contributed by atoms with Crippen molar-refractivity contribution in [3.8, 4) is 0 Å². The Hall–Kier alpha value is -1.36. The lowest BCUT2D eigenvalue weighted by molar-refractivity contribution is -0.132. The predicted molar refractivity (Wildman–Crippen MR) is 89.0 cm³/mol. The molecule has 5 heteroatoms. The zero-order chi connectivity index (χ0) is 16.4. The van der Waals surface area contributed by atoms with Crippen molar-refractivity contribution in [2.75, 3.05) is 19.6 Å². The third kappa shape index (κ3) is 3.94. The summed E-state index contributed by atoms with van der Waals surface area (Å²) in [5.74, 6) is 2.87. The Morgan fingerprint density at radius 1 is 1.43 bits per heavy atom. The molecule has 0 radical (unpaired) electrons. The van der Waals surface area contributed by atoms with E-state index in [4.69, 9.17) is 4.42 Å². The molecule has 0 aromatic carbocycles. The fourth-order valence-electron chi connectivity index (χ4n) is 3.58. The molecule has 2 aliphatic rings. The van der Waals surface area contributed by atoms with Crippen LogP contribution in [0.1, 0.15) is 64.0 Å². The minimum atomic E-state index is 0.116. The van der Waals surface area contributed by atoms with Crippen LogP contribution in [0, 0.1) is 5.92 Å². The van der Waals surface area contributed by atoms with Gasteiger partial charge in [-0.3, -0.25) is 4.79 Å². The van der Waals surface area contributed by atoms with Crippen LogP contribution in [0.4, 0.5) is 0 Å². The maximum Gasteiger partial charge on any atom is 0.220 e. The van der Waals surface area contributed by atoms with Crippen LogP contribution in [-0.4, -0.2) is 46.4 Å². The first kappa shape index (κ1) is 16.5. The van der Waals surface area contributed by atoms with Crippen LogP contribution in [0.15, 0.2) is 10.6 Å². The minimum Gasteiger partial charge on any atom is -0.444 e. The quantitative estimate of drug-likeness (QED) is 0.809. The second kappa shape index (κ2) is 7.04. The highest BCUT2D eigenvalue weighted by Crippen LogP contribution is 2.29. The van der Waals surface area contributed by atoms with Gasteiger partial charge in [-0.05, 0) is 25.2 Å². The van der Waals surface area contributed by atoms with Gasteiger partial charge >= 0.3 is 0 Å². The first-order chi connectivity index (χ1) is 11.0. The van der Waals surface area contributed by atoms with Crippen LogP contribution >= 0.6 is 0 Å². The third-order valence-corrected chi connectivity index (χ3v) is 5.28. The Kier molecular flexibility index (Phi) is 5.05. The number of amides is 1. The standard InChI is InChI=1S/C18H29N3O2/c1-13(2)17-9-19-18(23-17)12-21(14(3)22)16-7-8-20(11-16)10-15-5-4-6-15/h9,13,15-16H,4-8,10-12H2,1-3H3. The van der Waals surface area contributed by atoms with E-state index < -0.39 is 0 Å². The van der Waals surface area contributed by atoms with Crippen molar-refractivity contribution in [1.82, 2.24) is 14.8 Å². The molecule has 1 atom stereocenters. The molecule has 2 heterocycles. The fraction of sp³-hybridized carbons (Fsp3) is 0.778. The summed E-state index contributed by atoms with van der Waals surface area (Å²) in [4.78, 5) is 20.9. The van der Waals surface area contributed by atoms with Crippen molar-refractivity contribution >= 4 is 5.91 Å². The molecule has 2 fully saturated rings. The van der Waals surface area contributed by atoms with Gasteiger partial charge in [-0.2, -0.15) is 0 Å². The van der Waals surface area contributed by atoms with E-state index in [0.717, 1.165) is 31.2 Å². The number of nitrogens with zero attached hydrogens (tertiary/aromatic N) is 3. The van der Waals surface area contributed by atoms with E-state index in [1.165, 1.54) is 25.8 Å². The van der Waals surface area contributed by atoms with Gasteiger partial charge in [-0.1, -0.05) is 20.3 Å². The molecule has 1 aliphatic carbocycles. The molecular formula is C18H29N3O2. The van der Waals surface area contributed by atoms with Crippen LogP contribution in [0.2, 0.25) is 0 Å². The lowest BCUT2D eigenvalue weighted by atomic mass is 9.85. The molecule has 1 saturated heterocycles. The largest absolute Gasteiger partial charge is 0.444 e. The number of hydrogen-bond acceptors (Lipinski definition) is 4. The van der Waals surface area contributed by atoms with Gasteiger partial charge in [0.1, 0.15) is 5.76 Å². The third-order valence-electron chi connectivity index (χ3n) is 5.28. The van der Waals surface area contributed by atoms with Crippen LogP contribution in [0.5, 0.6) is 0 Å². The number of aromatic nitrogens is 1. The molecule has 1 aliphatic heterocycles. The zero-order valence-electron chi connectivity index (χ0n) is 14.6. The molecule has 5 nitrogen and oxygen atoms in total. The molecule has 3 rings (SSSR count). The van der Waals surface area contributed by atoms with E-state index in [1.807, 2.05) is 4.90 Å². The molecule has 0 N–H and O–H groups in total. The molecule has 1 aromatic rings. The number of hydrogen-bond donors (Lipinski definition) is 0. The molecule has 1 saturated carbocycles. The predicted octanol–water partition coefficient (Wildman–Crippen LogP) is 3.02. The van der Waals surface area contributed by atoms with Crippen LogP contribution in [-0.2, 0) is 11.3 Å². The van der Waals surface area contributed by atoms with Crippen molar-refractivity contribution in [2.24, 2.45) is 5.92 Å². The molecule has 1 amide bonds. The highest BCUT2D eigenvalue weighted by molar-refractivity contribution is 5.73. The summed E-state index contributed by atoms with van der Waals surface area (Å²) in [5, 5.41) is 0. The fourth-order valence-corrected chi connectivity index (χ4v) is 3.58. The first-order valence-electron chi connectivity index (χ1n) is 8.97. The van der Waals surface area contributed by atoms with E-state index in [0.29, 0.717) is 24.4 Å². The molecule has 128 valence electrons. The van der Waals surface area contributed by atoms with Gasteiger partial charge in [0.2, 0.25) is 11.8 Å². The van der Waals surface area contributed by atoms with Crippen molar-refractivity contribution in [1.29, 1.82) is 0 Å². The molecule has 1 unspecified atom stereocenters. The maximum absolute atomic E-state index is 12.1. The molecule has 23 heavy (non-hydrogen) atoms. The summed E-state index contributed by atoms with van der Waals surface area (Å²) in [6.45, 7) is 9.62. The lowest BCUT2D eigenvalue weighted by Gasteiger charge is -2.31. The van der Waals surface area contributed by atoms with Gasteiger partial charge in [-0.15, -0.1) is 0 Å². The summed E-state index contributed by atoms with van der Waals surface area (Å²) < 4.78 is 5.78. The lowest BCUT2D eigenvalue weighted by Crippen LogP contribution is -2.41. The van der Waals surface area contributed by atoms with Gasteiger partial charge in [0.15, 0.2) is 0 Å². The normalized spacial score (nSPS) is 22.5. The number of oxazole rings is 1. The van der Waals surface area contributed by atoms with E-state index in [-0.39, 0.29) is 5.91 Å². The topological polar surface area (TPSA) is 49.6 Å². The van der Waals surface area contributed by atoms with Crippen LogP contribution in [0.25, 0.3) is 0 Å². The van der Waals surface area contributed by atoms with Crippen molar-refractivity contribution in [3.63, 3.8) is 0 Å². The number of carbonyl (C=O) groups is 1. The van der Waals surface area contributed by atoms with E-state index >= 15 is 0 Å². The van der Waals surface area contributed by atoms with Gasteiger partial charge in [0.25, 0.3) is 0 Å². The summed E-state index contributed by atoms with van der Waals surface area (Å²) in [7, 11) is 0. The first-order valence-corrected chi connectivity index (χ1v) is 8.97. The highest BCUT2D eigenvalue weighted by Gasteiger charge is 2.32. The maximum atomic E-state index is 12.1. The Morgan fingerprint density at radius 2 is 2.22 bits per heavy atom. The average Bonchev–Trinajstić information content (AvgIpc) is 3.09. The van der Waals surface area contributed by atoms with Crippen molar-refractivity contribution in [3.05, 3.63) is 17.8 Å². The van der Waals surface area contributed by atoms with Crippen molar-refractivity contribution in [2.45, 2.75) is 65.0 Å². The summed E-state index contributed by atoms with van der Waals surface area (Å²) >= 11 is 0. The minimum absolute atomic E-state index is 0.116. The molecular weight excluding hydrogens is 290 g/mol. The summed E-state index contributed by atoms with van der Waals surface area (Å²) in [6.07, 6.45) is 7.00. The second-order valence-electron chi connectivity index (χ2n) is 7.46. The zero-order valence-corrected chi connectivity index (χ0v) is 14.6. The van der Waals surface area contributed by atoms with Gasteiger partial charge < -0.3 is 14.2 Å². The smallest absolute Gasteiger partial charge is 0.220 e. The second-order valence-corrected chi connectivity index (χ2v) is 7.46. The van der Waals surface area contributed by atoms with Gasteiger partial charge in [0, 0.05) is 38.5 Å². The Morgan fingerprint density at radius 3 is 2.78 bits per heavy atom. The summed E-state index contributed by atoms with van der Waals surface area (Å²) in [6, 6.07) is 0.293. The van der Waals surface area contributed by atoms with E-state index in [2.05, 4.69) is 23.7 Å². The average molecular weight is 319 g/mol. The van der Waals surface area contributed by atoms with E-state index in [9.17, 15) is 4.79 Å². The number of carbonyl (C=O) groups excluding carboxylic acids is 1. The Balaban J connectivity index is 1.58. The van der Waals surface area contributed by atoms with Gasteiger partial charge in [-0.25, -0.2) is 4.98 Å². The Labute approximate surface area is 139 Å². The summed E-state index contributed by atoms with van der Waals surface area (Å²) in [5.41, 5.74) is 0. The monoisotopic (exact) mass is 319 g/mol. The molecule has 1 aromatic heterocycles. The SMILES string of the molecule is CC(=O)N(Cc1ncc(C(C)C)o1)C1CCN(CC2CCC2)C1. The number of rotatable bonds is 6. The molecule has 0 spiro atoms.